The number of carbonyl (C=O) groups excluding carboxylic acids is 1. The Hall–Kier alpha value is -1.55. The molecule has 19 heavy (non-hydrogen) atoms. The van der Waals surface area contributed by atoms with Gasteiger partial charge in [-0.3, -0.25) is 4.79 Å². The van der Waals surface area contributed by atoms with Gasteiger partial charge in [0, 0.05) is 12.6 Å². The van der Waals surface area contributed by atoms with Crippen LogP contribution in [0.15, 0.2) is 30.3 Å². The highest BCUT2D eigenvalue weighted by molar-refractivity contribution is 5.84. The molecule has 1 aromatic carbocycles. The number of hydrogen-bond acceptors (Lipinski definition) is 3. The lowest BCUT2D eigenvalue weighted by Crippen LogP contribution is -2.42. The van der Waals surface area contributed by atoms with E-state index in [4.69, 9.17) is 4.74 Å². The van der Waals surface area contributed by atoms with Crippen molar-refractivity contribution in [3.8, 4) is 5.75 Å². The number of para-hydroxylation sites is 1. The molecule has 0 spiro atoms. The van der Waals surface area contributed by atoms with Crippen molar-refractivity contribution in [1.29, 1.82) is 0 Å². The first kappa shape index (κ1) is 13.9. The molecule has 4 heteroatoms. The lowest BCUT2D eigenvalue weighted by atomic mass is 10.2. The summed E-state index contributed by atoms with van der Waals surface area (Å²) in [6.45, 7) is 6.15. The summed E-state index contributed by atoms with van der Waals surface area (Å²) in [6, 6.07) is 10.0. The summed E-state index contributed by atoms with van der Waals surface area (Å²) in [5.74, 6) is 1.05. The van der Waals surface area contributed by atoms with Crippen LogP contribution in [0.4, 0.5) is 0 Å². The number of carbonyl (C=O) groups is 1. The average Bonchev–Trinajstić information content (AvgIpc) is 2.72. The van der Waals surface area contributed by atoms with Crippen LogP contribution in [0.5, 0.6) is 5.75 Å². The first-order valence-electron chi connectivity index (χ1n) is 6.89. The van der Waals surface area contributed by atoms with Crippen LogP contribution in [0, 0.1) is 0 Å². The third kappa shape index (κ3) is 3.96. The summed E-state index contributed by atoms with van der Waals surface area (Å²) < 4.78 is 5.62. The van der Waals surface area contributed by atoms with E-state index in [-0.39, 0.29) is 11.9 Å². The Morgan fingerprint density at radius 2 is 2.11 bits per heavy atom. The van der Waals surface area contributed by atoms with E-state index in [1.54, 1.807) is 0 Å². The van der Waals surface area contributed by atoms with Crippen LogP contribution in [-0.2, 0) is 4.79 Å². The third-order valence-electron chi connectivity index (χ3n) is 3.21. The molecule has 1 saturated heterocycles. The van der Waals surface area contributed by atoms with Crippen LogP contribution < -0.4 is 10.1 Å². The Morgan fingerprint density at radius 1 is 1.37 bits per heavy atom. The number of benzene rings is 1. The van der Waals surface area contributed by atoms with Crippen LogP contribution in [0.1, 0.15) is 20.3 Å². The van der Waals surface area contributed by atoms with Crippen molar-refractivity contribution in [2.75, 3.05) is 19.7 Å². The molecule has 1 atom stereocenters. The van der Waals surface area contributed by atoms with E-state index in [9.17, 15) is 4.79 Å². The lowest BCUT2D eigenvalue weighted by molar-refractivity contribution is -0.129. The second-order valence-corrected chi connectivity index (χ2v) is 5.15. The van der Waals surface area contributed by atoms with E-state index >= 15 is 0 Å². The molecule has 0 aromatic heterocycles. The molecule has 1 unspecified atom stereocenters. The highest BCUT2D eigenvalue weighted by Crippen LogP contribution is 2.12. The summed E-state index contributed by atoms with van der Waals surface area (Å²) >= 11 is 0. The number of nitrogens with one attached hydrogen (secondary N) is 1. The Balaban J connectivity index is 1.74. The first-order chi connectivity index (χ1) is 9.16. The van der Waals surface area contributed by atoms with Crippen molar-refractivity contribution in [1.82, 2.24) is 10.2 Å². The molecule has 1 aliphatic heterocycles. The zero-order valence-electron chi connectivity index (χ0n) is 11.6. The molecule has 1 N–H and O–H groups in total. The molecule has 0 radical (unpaired) electrons. The first-order valence-corrected chi connectivity index (χ1v) is 6.89. The smallest absolute Gasteiger partial charge is 0.239 e. The molecule has 104 valence electrons. The molecular weight excluding hydrogens is 240 g/mol. The topological polar surface area (TPSA) is 41.6 Å². The monoisotopic (exact) mass is 262 g/mol. The predicted octanol–water partition coefficient (Wildman–Crippen LogP) is 1.66. The molecule has 1 fully saturated rings. The van der Waals surface area contributed by atoms with Gasteiger partial charge in [0.15, 0.2) is 0 Å². The normalized spacial score (nSPS) is 19.2. The van der Waals surface area contributed by atoms with Crippen molar-refractivity contribution >= 4 is 5.91 Å². The number of hydrogen-bond donors (Lipinski definition) is 1. The van der Waals surface area contributed by atoms with Gasteiger partial charge >= 0.3 is 0 Å². The van der Waals surface area contributed by atoms with Gasteiger partial charge in [-0.25, -0.2) is 0 Å². The van der Waals surface area contributed by atoms with E-state index in [0.29, 0.717) is 19.2 Å². The van der Waals surface area contributed by atoms with Crippen molar-refractivity contribution in [3.63, 3.8) is 0 Å². The summed E-state index contributed by atoms with van der Waals surface area (Å²) in [7, 11) is 0. The summed E-state index contributed by atoms with van der Waals surface area (Å²) in [4.78, 5) is 14.0. The van der Waals surface area contributed by atoms with Gasteiger partial charge < -0.3 is 15.0 Å². The van der Waals surface area contributed by atoms with Crippen molar-refractivity contribution in [2.24, 2.45) is 0 Å². The van der Waals surface area contributed by atoms with E-state index in [2.05, 4.69) is 19.2 Å². The maximum atomic E-state index is 12.1. The molecule has 2 rings (SSSR count). The second-order valence-electron chi connectivity index (χ2n) is 5.15. The standard InChI is InChI=1S/C15H22N2O2/c1-12(2)16-14-8-9-17(15(14)18)10-11-19-13-6-4-3-5-7-13/h3-7,12,14,16H,8-11H2,1-2H3. The van der Waals surface area contributed by atoms with Gasteiger partial charge in [-0.05, 0) is 18.6 Å². The predicted molar refractivity (Wildman–Crippen MR) is 75.2 cm³/mol. The van der Waals surface area contributed by atoms with E-state index in [0.717, 1.165) is 18.7 Å². The van der Waals surface area contributed by atoms with Crippen molar-refractivity contribution in [3.05, 3.63) is 30.3 Å². The van der Waals surface area contributed by atoms with E-state index in [1.165, 1.54) is 0 Å². The summed E-state index contributed by atoms with van der Waals surface area (Å²) in [5.41, 5.74) is 0. The van der Waals surface area contributed by atoms with Gasteiger partial charge in [0.25, 0.3) is 0 Å². The molecule has 0 bridgehead atoms. The van der Waals surface area contributed by atoms with Gasteiger partial charge in [0.2, 0.25) is 5.91 Å². The highest BCUT2D eigenvalue weighted by atomic mass is 16.5. The number of rotatable bonds is 6. The molecule has 4 nitrogen and oxygen atoms in total. The minimum atomic E-state index is -0.0169. The number of ether oxygens (including phenoxy) is 1. The molecule has 0 saturated carbocycles. The SMILES string of the molecule is CC(C)NC1CCN(CCOc2ccccc2)C1=O. The minimum absolute atomic E-state index is 0.0169. The van der Waals surface area contributed by atoms with Crippen LogP contribution in [0.25, 0.3) is 0 Å². The number of amides is 1. The summed E-state index contributed by atoms with van der Waals surface area (Å²) in [5, 5.41) is 3.30. The molecular formula is C15H22N2O2. The second kappa shape index (κ2) is 6.57. The quantitative estimate of drug-likeness (QED) is 0.848. The Bertz CT molecular complexity index is 406. The maximum absolute atomic E-state index is 12.1. The van der Waals surface area contributed by atoms with Crippen LogP contribution in [0.2, 0.25) is 0 Å². The van der Waals surface area contributed by atoms with Crippen LogP contribution >= 0.6 is 0 Å². The van der Waals surface area contributed by atoms with E-state index < -0.39 is 0 Å². The van der Waals surface area contributed by atoms with Crippen molar-refractivity contribution in [2.45, 2.75) is 32.4 Å². The fourth-order valence-corrected chi connectivity index (χ4v) is 2.31. The van der Waals surface area contributed by atoms with Gasteiger partial charge in [0.1, 0.15) is 12.4 Å². The Labute approximate surface area is 114 Å². The van der Waals surface area contributed by atoms with Crippen LogP contribution in [0.3, 0.4) is 0 Å². The Kier molecular flexibility index (Phi) is 4.80. The maximum Gasteiger partial charge on any atom is 0.239 e. The molecule has 1 aliphatic rings. The van der Waals surface area contributed by atoms with Gasteiger partial charge in [-0.15, -0.1) is 0 Å². The highest BCUT2D eigenvalue weighted by Gasteiger charge is 2.31. The van der Waals surface area contributed by atoms with Gasteiger partial charge in [0.05, 0.1) is 12.6 Å². The summed E-state index contributed by atoms with van der Waals surface area (Å²) in [6.07, 6.45) is 0.891. The molecule has 1 aromatic rings. The zero-order chi connectivity index (χ0) is 13.7. The van der Waals surface area contributed by atoms with Crippen molar-refractivity contribution < 1.29 is 9.53 Å². The third-order valence-corrected chi connectivity index (χ3v) is 3.21. The minimum Gasteiger partial charge on any atom is -0.492 e. The number of likely N-dealkylation sites (tertiary alicyclic amines) is 1. The van der Waals surface area contributed by atoms with Gasteiger partial charge in [-0.2, -0.15) is 0 Å². The molecule has 0 aliphatic carbocycles. The van der Waals surface area contributed by atoms with Crippen LogP contribution in [-0.4, -0.2) is 42.6 Å². The van der Waals surface area contributed by atoms with E-state index in [1.807, 2.05) is 35.2 Å². The fraction of sp³-hybridized carbons (Fsp3) is 0.533. The Morgan fingerprint density at radius 3 is 2.79 bits per heavy atom. The number of nitrogens with zero attached hydrogens (tertiary/aromatic N) is 1. The zero-order valence-corrected chi connectivity index (χ0v) is 11.6. The largest absolute Gasteiger partial charge is 0.492 e. The molecule has 1 heterocycles. The average molecular weight is 262 g/mol. The lowest BCUT2D eigenvalue weighted by Gasteiger charge is -2.18. The molecule has 1 amide bonds. The fourth-order valence-electron chi connectivity index (χ4n) is 2.31. The van der Waals surface area contributed by atoms with Gasteiger partial charge in [-0.1, -0.05) is 32.0 Å².